The van der Waals surface area contributed by atoms with Gasteiger partial charge in [0.1, 0.15) is 6.61 Å². The topological polar surface area (TPSA) is 29.5 Å². The fourth-order valence-corrected chi connectivity index (χ4v) is 3.23. The maximum Gasteiger partial charge on any atom is 0.249 e. The van der Waals surface area contributed by atoms with Crippen molar-refractivity contribution in [3.8, 4) is 0 Å². The fraction of sp³-hybridized carbons (Fsp3) is 0.941. The Hall–Kier alpha value is -0.570. The van der Waals surface area contributed by atoms with E-state index in [9.17, 15) is 4.79 Å². The Morgan fingerprint density at radius 3 is 2.45 bits per heavy atom. The van der Waals surface area contributed by atoms with Crippen molar-refractivity contribution in [2.75, 3.05) is 6.61 Å². The quantitative estimate of drug-likeness (QED) is 0.744. The molecule has 0 aromatic rings. The number of hydrogen-bond donors (Lipinski definition) is 0. The molecule has 3 nitrogen and oxygen atoms in total. The molecule has 3 atom stereocenters. The number of rotatable bonds is 6. The summed E-state index contributed by atoms with van der Waals surface area (Å²) in [5.41, 5.74) is 0. The summed E-state index contributed by atoms with van der Waals surface area (Å²) in [5.74, 6) is 1.46. The lowest BCUT2D eigenvalue weighted by molar-refractivity contribution is -0.142. The summed E-state index contributed by atoms with van der Waals surface area (Å²) in [6, 6.07) is 0.803. The SMILES string of the molecule is CC1CCCC(OCC(=O)N(C2CC2)C(C)C(C)C)C1. The summed E-state index contributed by atoms with van der Waals surface area (Å²) in [4.78, 5) is 14.6. The van der Waals surface area contributed by atoms with Gasteiger partial charge in [-0.2, -0.15) is 0 Å². The van der Waals surface area contributed by atoms with Crippen molar-refractivity contribution in [3.63, 3.8) is 0 Å². The molecule has 0 aromatic carbocycles. The van der Waals surface area contributed by atoms with Crippen molar-refractivity contribution in [1.82, 2.24) is 4.90 Å². The van der Waals surface area contributed by atoms with Gasteiger partial charge in [-0.05, 0) is 44.4 Å². The first-order chi connectivity index (χ1) is 9.49. The third-order valence-electron chi connectivity index (χ3n) is 4.96. The van der Waals surface area contributed by atoms with Crippen LogP contribution in [0.3, 0.4) is 0 Å². The van der Waals surface area contributed by atoms with Gasteiger partial charge in [0.25, 0.3) is 0 Å². The van der Waals surface area contributed by atoms with Gasteiger partial charge in [-0.1, -0.05) is 33.6 Å². The van der Waals surface area contributed by atoms with Crippen LogP contribution < -0.4 is 0 Å². The summed E-state index contributed by atoms with van der Waals surface area (Å²) in [6.45, 7) is 9.12. The highest BCUT2D eigenvalue weighted by Gasteiger charge is 2.36. The molecule has 20 heavy (non-hydrogen) atoms. The maximum absolute atomic E-state index is 12.5. The largest absolute Gasteiger partial charge is 0.368 e. The van der Waals surface area contributed by atoms with Crippen LogP contribution >= 0.6 is 0 Å². The van der Waals surface area contributed by atoms with E-state index in [2.05, 4.69) is 32.6 Å². The smallest absolute Gasteiger partial charge is 0.249 e. The van der Waals surface area contributed by atoms with Crippen LogP contribution in [0.15, 0.2) is 0 Å². The van der Waals surface area contributed by atoms with Crippen LogP contribution in [0.25, 0.3) is 0 Å². The van der Waals surface area contributed by atoms with Crippen molar-refractivity contribution in [1.29, 1.82) is 0 Å². The third-order valence-corrected chi connectivity index (χ3v) is 4.96. The van der Waals surface area contributed by atoms with Gasteiger partial charge in [0.15, 0.2) is 0 Å². The number of carbonyl (C=O) groups excluding carboxylic acids is 1. The molecule has 2 rings (SSSR count). The number of hydrogen-bond acceptors (Lipinski definition) is 2. The second-order valence-corrected chi connectivity index (χ2v) is 7.22. The van der Waals surface area contributed by atoms with Crippen molar-refractivity contribution in [2.45, 2.75) is 84.4 Å². The van der Waals surface area contributed by atoms with Crippen LogP contribution in [0, 0.1) is 11.8 Å². The predicted octanol–water partition coefficient (Wildman–Crippen LogP) is 3.62. The van der Waals surface area contributed by atoms with Crippen molar-refractivity contribution < 1.29 is 9.53 Å². The molecule has 3 heteroatoms. The minimum absolute atomic E-state index is 0.201. The van der Waals surface area contributed by atoms with Gasteiger partial charge >= 0.3 is 0 Å². The zero-order valence-corrected chi connectivity index (χ0v) is 13.6. The molecule has 0 N–H and O–H groups in total. The van der Waals surface area contributed by atoms with E-state index in [4.69, 9.17) is 4.74 Å². The minimum atomic E-state index is 0.201. The molecule has 2 aliphatic rings. The normalized spacial score (nSPS) is 28.4. The standard InChI is InChI=1S/C17H31NO2/c1-12(2)14(4)18(15-8-9-15)17(19)11-20-16-7-5-6-13(3)10-16/h12-16H,5-11H2,1-4H3. The van der Waals surface area contributed by atoms with Crippen LogP contribution in [-0.4, -0.2) is 35.6 Å². The molecule has 2 fully saturated rings. The predicted molar refractivity (Wildman–Crippen MR) is 81.5 cm³/mol. The first-order valence-corrected chi connectivity index (χ1v) is 8.41. The van der Waals surface area contributed by atoms with Crippen LogP contribution in [0.2, 0.25) is 0 Å². The third kappa shape index (κ3) is 4.21. The molecular weight excluding hydrogens is 250 g/mol. The average Bonchev–Trinajstić information content (AvgIpc) is 3.21. The van der Waals surface area contributed by atoms with Crippen molar-refractivity contribution >= 4 is 5.91 Å². The number of nitrogens with zero attached hydrogens (tertiary/aromatic N) is 1. The molecule has 2 saturated carbocycles. The molecule has 116 valence electrons. The molecule has 0 spiro atoms. The zero-order chi connectivity index (χ0) is 14.7. The van der Waals surface area contributed by atoms with E-state index in [1.165, 1.54) is 25.7 Å². The molecule has 1 amide bonds. The number of amides is 1. The summed E-state index contributed by atoms with van der Waals surface area (Å²) in [7, 11) is 0. The number of carbonyl (C=O) groups is 1. The van der Waals surface area contributed by atoms with Crippen LogP contribution in [0.4, 0.5) is 0 Å². The monoisotopic (exact) mass is 281 g/mol. The van der Waals surface area contributed by atoms with Gasteiger partial charge in [0, 0.05) is 12.1 Å². The Balaban J connectivity index is 1.82. The minimum Gasteiger partial charge on any atom is -0.368 e. The summed E-state index contributed by atoms with van der Waals surface area (Å²) in [5, 5.41) is 0. The molecule has 0 radical (unpaired) electrons. The van der Waals surface area contributed by atoms with Gasteiger partial charge in [-0.15, -0.1) is 0 Å². The van der Waals surface area contributed by atoms with Crippen LogP contribution in [0.5, 0.6) is 0 Å². The van der Waals surface area contributed by atoms with Gasteiger partial charge in [0.05, 0.1) is 6.10 Å². The highest BCUT2D eigenvalue weighted by Crippen LogP contribution is 2.31. The molecule has 0 aliphatic heterocycles. The van der Waals surface area contributed by atoms with Crippen LogP contribution in [-0.2, 0) is 9.53 Å². The van der Waals surface area contributed by atoms with Crippen molar-refractivity contribution in [3.05, 3.63) is 0 Å². The summed E-state index contributed by atoms with van der Waals surface area (Å²) < 4.78 is 5.91. The van der Waals surface area contributed by atoms with E-state index in [0.717, 1.165) is 18.8 Å². The van der Waals surface area contributed by atoms with E-state index in [-0.39, 0.29) is 12.5 Å². The van der Waals surface area contributed by atoms with Crippen LogP contribution in [0.1, 0.15) is 66.2 Å². The Morgan fingerprint density at radius 2 is 1.90 bits per heavy atom. The van der Waals surface area contributed by atoms with Gasteiger partial charge in [-0.25, -0.2) is 0 Å². The first-order valence-electron chi connectivity index (χ1n) is 8.41. The lowest BCUT2D eigenvalue weighted by Crippen LogP contribution is -2.45. The lowest BCUT2D eigenvalue weighted by atomic mass is 9.89. The molecule has 0 aromatic heterocycles. The van der Waals surface area contributed by atoms with E-state index < -0.39 is 0 Å². The molecule has 0 saturated heterocycles. The number of ether oxygens (including phenoxy) is 1. The molecule has 0 bridgehead atoms. The van der Waals surface area contributed by atoms with Gasteiger partial charge in [0.2, 0.25) is 5.91 Å². The lowest BCUT2D eigenvalue weighted by Gasteiger charge is -2.33. The van der Waals surface area contributed by atoms with Crippen molar-refractivity contribution in [2.24, 2.45) is 11.8 Å². The molecule has 0 heterocycles. The van der Waals surface area contributed by atoms with Gasteiger partial charge in [-0.3, -0.25) is 4.79 Å². The molecule has 3 unspecified atom stereocenters. The fourth-order valence-electron chi connectivity index (χ4n) is 3.23. The van der Waals surface area contributed by atoms with E-state index in [1.54, 1.807) is 0 Å². The van der Waals surface area contributed by atoms with E-state index in [0.29, 0.717) is 24.1 Å². The Bertz CT molecular complexity index is 325. The highest BCUT2D eigenvalue weighted by molar-refractivity contribution is 5.78. The second kappa shape index (κ2) is 6.93. The Labute approximate surface area is 124 Å². The zero-order valence-electron chi connectivity index (χ0n) is 13.6. The maximum atomic E-state index is 12.5. The van der Waals surface area contributed by atoms with E-state index in [1.807, 2.05) is 0 Å². The van der Waals surface area contributed by atoms with Gasteiger partial charge < -0.3 is 9.64 Å². The Kier molecular flexibility index (Phi) is 5.48. The second-order valence-electron chi connectivity index (χ2n) is 7.22. The molecular formula is C17H31NO2. The van der Waals surface area contributed by atoms with E-state index >= 15 is 0 Å². The Morgan fingerprint density at radius 1 is 1.20 bits per heavy atom. The molecule has 2 aliphatic carbocycles. The summed E-state index contributed by atoms with van der Waals surface area (Å²) in [6.07, 6.45) is 7.45. The highest BCUT2D eigenvalue weighted by atomic mass is 16.5. The first kappa shape index (κ1) is 15.8. The summed E-state index contributed by atoms with van der Waals surface area (Å²) >= 11 is 0. The average molecular weight is 281 g/mol.